The van der Waals surface area contributed by atoms with E-state index in [1.807, 2.05) is 0 Å². The van der Waals surface area contributed by atoms with E-state index in [1.165, 1.54) is 43.7 Å². The lowest BCUT2D eigenvalue weighted by Crippen LogP contribution is -2.36. The van der Waals surface area contributed by atoms with Crippen LogP contribution >= 0.6 is 11.3 Å². The fourth-order valence-corrected chi connectivity index (χ4v) is 3.64. The number of anilines is 1. The molecule has 2 rings (SSSR count). The number of rotatable bonds is 5. The molecule has 0 atom stereocenters. The van der Waals surface area contributed by atoms with Crippen LogP contribution in [0.15, 0.2) is 5.38 Å². The third-order valence-corrected chi connectivity index (χ3v) is 4.72. The molecule has 3 nitrogen and oxygen atoms in total. The van der Waals surface area contributed by atoms with Crippen molar-refractivity contribution in [1.29, 1.82) is 0 Å². The molecule has 18 heavy (non-hydrogen) atoms. The quantitative estimate of drug-likeness (QED) is 0.832. The van der Waals surface area contributed by atoms with Crippen LogP contribution < -0.4 is 10.6 Å². The summed E-state index contributed by atoms with van der Waals surface area (Å²) >= 11 is 1.78. The van der Waals surface area contributed by atoms with Crippen LogP contribution in [0.4, 0.5) is 5.13 Å². The molecule has 0 bridgehead atoms. The Morgan fingerprint density at radius 3 is 2.61 bits per heavy atom. The smallest absolute Gasteiger partial charge is 0.185 e. The number of nitrogens with zero attached hydrogens (tertiary/aromatic N) is 2. The van der Waals surface area contributed by atoms with E-state index < -0.39 is 0 Å². The first kappa shape index (κ1) is 13.8. The van der Waals surface area contributed by atoms with E-state index in [0.29, 0.717) is 6.04 Å². The number of nitrogens with two attached hydrogens (primary N) is 1. The number of hydrogen-bond donors (Lipinski definition) is 1. The van der Waals surface area contributed by atoms with Gasteiger partial charge >= 0.3 is 0 Å². The molecule has 2 N–H and O–H groups in total. The average Bonchev–Trinajstić information content (AvgIpc) is 2.65. The first-order chi connectivity index (χ1) is 8.81. The van der Waals surface area contributed by atoms with Crippen LogP contribution in [0.1, 0.15) is 50.6 Å². The zero-order valence-electron chi connectivity index (χ0n) is 11.4. The van der Waals surface area contributed by atoms with Crippen molar-refractivity contribution in [3.63, 3.8) is 0 Å². The van der Waals surface area contributed by atoms with E-state index in [-0.39, 0.29) is 0 Å². The highest BCUT2D eigenvalue weighted by Gasteiger charge is 2.21. The zero-order valence-corrected chi connectivity index (χ0v) is 12.2. The van der Waals surface area contributed by atoms with Gasteiger partial charge < -0.3 is 10.6 Å². The molecule has 1 aromatic heterocycles. The second-order valence-corrected chi connectivity index (χ2v) is 6.09. The second kappa shape index (κ2) is 7.10. The molecule has 1 aliphatic rings. The highest BCUT2D eigenvalue weighted by atomic mass is 32.1. The number of thiazole rings is 1. The SMILES string of the molecule is Cc1csc(N(CCCN)C2CCCCCC2)n1. The standard InChI is InChI=1S/C14H25N3S/c1-12-11-18-14(16-12)17(10-6-9-15)13-7-4-2-3-5-8-13/h11,13H,2-10,15H2,1H3. The zero-order chi connectivity index (χ0) is 12.8. The maximum absolute atomic E-state index is 5.68. The highest BCUT2D eigenvalue weighted by Crippen LogP contribution is 2.29. The second-order valence-electron chi connectivity index (χ2n) is 5.25. The van der Waals surface area contributed by atoms with Crippen molar-refractivity contribution in [2.75, 3.05) is 18.0 Å². The molecule has 1 aliphatic carbocycles. The van der Waals surface area contributed by atoms with Crippen LogP contribution in [0.3, 0.4) is 0 Å². The molecule has 1 saturated carbocycles. The summed E-state index contributed by atoms with van der Waals surface area (Å²) in [5, 5.41) is 3.36. The van der Waals surface area contributed by atoms with Crippen LogP contribution in [0.25, 0.3) is 0 Å². The lowest BCUT2D eigenvalue weighted by Gasteiger charge is -2.31. The largest absolute Gasteiger partial charge is 0.345 e. The number of aryl methyl sites for hydroxylation is 1. The lowest BCUT2D eigenvalue weighted by atomic mass is 10.1. The van der Waals surface area contributed by atoms with Gasteiger partial charge in [-0.15, -0.1) is 11.3 Å². The maximum atomic E-state index is 5.68. The molecular formula is C14H25N3S. The van der Waals surface area contributed by atoms with Gasteiger partial charge in [0.1, 0.15) is 0 Å². The minimum Gasteiger partial charge on any atom is -0.345 e. The van der Waals surface area contributed by atoms with E-state index in [2.05, 4.69) is 22.2 Å². The molecule has 0 spiro atoms. The van der Waals surface area contributed by atoms with Gasteiger partial charge in [0.25, 0.3) is 0 Å². The van der Waals surface area contributed by atoms with E-state index in [9.17, 15) is 0 Å². The van der Waals surface area contributed by atoms with Gasteiger partial charge in [-0.2, -0.15) is 0 Å². The average molecular weight is 267 g/mol. The van der Waals surface area contributed by atoms with E-state index in [1.54, 1.807) is 11.3 Å². The Hall–Kier alpha value is -0.610. The monoisotopic (exact) mass is 267 g/mol. The lowest BCUT2D eigenvalue weighted by molar-refractivity contribution is 0.518. The summed E-state index contributed by atoms with van der Waals surface area (Å²) < 4.78 is 0. The molecule has 102 valence electrons. The van der Waals surface area contributed by atoms with Crippen molar-refractivity contribution in [2.24, 2.45) is 5.73 Å². The first-order valence-corrected chi connectivity index (χ1v) is 8.08. The van der Waals surface area contributed by atoms with E-state index >= 15 is 0 Å². The predicted molar refractivity (Wildman–Crippen MR) is 79.4 cm³/mol. The first-order valence-electron chi connectivity index (χ1n) is 7.20. The van der Waals surface area contributed by atoms with Crippen molar-refractivity contribution in [3.8, 4) is 0 Å². The normalized spacial score (nSPS) is 17.7. The van der Waals surface area contributed by atoms with Crippen molar-refractivity contribution in [1.82, 2.24) is 4.98 Å². The molecular weight excluding hydrogens is 242 g/mol. The molecule has 0 saturated heterocycles. The highest BCUT2D eigenvalue weighted by molar-refractivity contribution is 7.13. The molecule has 4 heteroatoms. The Morgan fingerprint density at radius 2 is 2.06 bits per heavy atom. The molecule has 0 aromatic carbocycles. The maximum Gasteiger partial charge on any atom is 0.185 e. The summed E-state index contributed by atoms with van der Waals surface area (Å²) in [7, 11) is 0. The Labute approximate surface area is 114 Å². The van der Waals surface area contributed by atoms with Gasteiger partial charge in [-0.3, -0.25) is 0 Å². The van der Waals surface area contributed by atoms with Crippen molar-refractivity contribution in [3.05, 3.63) is 11.1 Å². The molecule has 0 aliphatic heterocycles. The minimum atomic E-state index is 0.685. The summed E-state index contributed by atoms with van der Waals surface area (Å²) in [4.78, 5) is 7.20. The van der Waals surface area contributed by atoms with Crippen LogP contribution in [-0.4, -0.2) is 24.1 Å². The fraction of sp³-hybridized carbons (Fsp3) is 0.786. The molecule has 1 aromatic rings. The van der Waals surface area contributed by atoms with Crippen LogP contribution in [0.2, 0.25) is 0 Å². The van der Waals surface area contributed by atoms with Crippen LogP contribution in [0.5, 0.6) is 0 Å². The van der Waals surface area contributed by atoms with Gasteiger partial charge in [0.05, 0.1) is 5.69 Å². The Kier molecular flexibility index (Phi) is 5.45. The summed E-state index contributed by atoms with van der Waals surface area (Å²) in [5.41, 5.74) is 6.82. The van der Waals surface area contributed by atoms with Gasteiger partial charge in [0, 0.05) is 18.0 Å². The Bertz CT molecular complexity index is 343. The summed E-state index contributed by atoms with van der Waals surface area (Å²) in [5.74, 6) is 0. The molecule has 0 amide bonds. The topological polar surface area (TPSA) is 42.1 Å². The summed E-state index contributed by atoms with van der Waals surface area (Å²) in [6, 6.07) is 0.685. The van der Waals surface area contributed by atoms with E-state index in [4.69, 9.17) is 5.73 Å². The number of aromatic nitrogens is 1. The number of hydrogen-bond acceptors (Lipinski definition) is 4. The third kappa shape index (κ3) is 3.69. The van der Waals surface area contributed by atoms with E-state index in [0.717, 1.165) is 25.2 Å². The molecule has 1 fully saturated rings. The van der Waals surface area contributed by atoms with Gasteiger partial charge in [-0.1, -0.05) is 25.7 Å². The molecule has 0 unspecified atom stereocenters. The summed E-state index contributed by atoms with van der Waals surface area (Å²) in [6.45, 7) is 3.91. The van der Waals surface area contributed by atoms with Crippen LogP contribution in [0, 0.1) is 6.92 Å². The van der Waals surface area contributed by atoms with Gasteiger partial charge in [0.2, 0.25) is 0 Å². The predicted octanol–water partition coefficient (Wildman–Crippen LogP) is 3.33. The Morgan fingerprint density at radius 1 is 1.33 bits per heavy atom. The van der Waals surface area contributed by atoms with Gasteiger partial charge in [0.15, 0.2) is 5.13 Å². The van der Waals surface area contributed by atoms with Gasteiger partial charge in [-0.05, 0) is 32.7 Å². The van der Waals surface area contributed by atoms with Crippen LogP contribution in [-0.2, 0) is 0 Å². The van der Waals surface area contributed by atoms with Crippen molar-refractivity contribution >= 4 is 16.5 Å². The molecule has 0 radical (unpaired) electrons. The molecule has 1 heterocycles. The van der Waals surface area contributed by atoms with Crippen molar-refractivity contribution in [2.45, 2.75) is 57.9 Å². The fourth-order valence-electron chi connectivity index (χ4n) is 2.74. The van der Waals surface area contributed by atoms with Gasteiger partial charge in [-0.25, -0.2) is 4.98 Å². The third-order valence-electron chi connectivity index (χ3n) is 3.72. The Balaban J connectivity index is 2.07. The summed E-state index contributed by atoms with van der Waals surface area (Å²) in [6.07, 6.45) is 9.25. The minimum absolute atomic E-state index is 0.685. The van der Waals surface area contributed by atoms with Crippen molar-refractivity contribution < 1.29 is 0 Å².